The molecule has 2 heterocycles. The van der Waals surface area contributed by atoms with Crippen LogP contribution < -0.4 is 15.8 Å². The van der Waals surface area contributed by atoms with Crippen molar-refractivity contribution in [3.8, 4) is 6.01 Å². The summed E-state index contributed by atoms with van der Waals surface area (Å²) in [5.41, 5.74) is 5.55. The lowest BCUT2D eigenvalue weighted by Gasteiger charge is -2.35. The predicted octanol–water partition coefficient (Wildman–Crippen LogP) is 1.61. The third-order valence-electron chi connectivity index (χ3n) is 3.10. The Bertz CT molecular complexity index is 452. The van der Waals surface area contributed by atoms with E-state index in [1.165, 1.54) is 0 Å². The molecule has 0 saturated carbocycles. The first-order chi connectivity index (χ1) is 9.48. The Morgan fingerprint density at radius 1 is 1.40 bits per heavy atom. The summed E-state index contributed by atoms with van der Waals surface area (Å²) in [5.74, 6) is 0.631. The first-order valence-corrected chi connectivity index (χ1v) is 7.03. The van der Waals surface area contributed by atoms with Gasteiger partial charge in [0, 0.05) is 12.6 Å². The molecule has 1 fully saturated rings. The number of hydrogen-bond donors (Lipinski definition) is 2. The molecule has 0 aromatic carbocycles. The topological polar surface area (TPSA) is 95.2 Å². The van der Waals surface area contributed by atoms with Gasteiger partial charge in [-0.15, -0.1) is 0 Å². The maximum Gasteiger partial charge on any atom is 0.323 e. The van der Waals surface area contributed by atoms with Crippen molar-refractivity contribution in [3.05, 3.63) is 0 Å². The zero-order valence-corrected chi connectivity index (χ0v) is 12.3. The summed E-state index contributed by atoms with van der Waals surface area (Å²) in [5, 5.41) is 3.29. The van der Waals surface area contributed by atoms with Gasteiger partial charge in [0.2, 0.25) is 11.9 Å². The standard InChI is InChI=1S/C13H23N5O2/c1-4-6-19-12-17-10(14)16-11(18-12)15-9-5-7-20-13(2,3)8-9/h9H,4-8H2,1-3H3,(H3,14,15,16,17,18). The third-order valence-corrected chi connectivity index (χ3v) is 3.10. The van der Waals surface area contributed by atoms with Gasteiger partial charge in [-0.25, -0.2) is 0 Å². The molecule has 1 aliphatic heterocycles. The van der Waals surface area contributed by atoms with Gasteiger partial charge in [-0.2, -0.15) is 15.0 Å². The number of anilines is 2. The fourth-order valence-electron chi connectivity index (χ4n) is 2.23. The molecule has 0 amide bonds. The van der Waals surface area contributed by atoms with Gasteiger partial charge in [-0.1, -0.05) is 6.92 Å². The molecule has 1 saturated heterocycles. The van der Waals surface area contributed by atoms with E-state index in [1.54, 1.807) is 0 Å². The van der Waals surface area contributed by atoms with E-state index in [0.29, 0.717) is 12.6 Å². The number of rotatable bonds is 5. The van der Waals surface area contributed by atoms with Crippen LogP contribution in [0.25, 0.3) is 0 Å². The molecule has 1 aromatic heterocycles. The second-order valence-electron chi connectivity index (χ2n) is 5.59. The van der Waals surface area contributed by atoms with Crippen molar-refractivity contribution < 1.29 is 9.47 Å². The number of aromatic nitrogens is 3. The molecule has 3 N–H and O–H groups in total. The highest BCUT2D eigenvalue weighted by Crippen LogP contribution is 2.25. The van der Waals surface area contributed by atoms with Gasteiger partial charge in [0.25, 0.3) is 0 Å². The Hall–Kier alpha value is -1.63. The first-order valence-electron chi connectivity index (χ1n) is 7.03. The van der Waals surface area contributed by atoms with Crippen LogP contribution in [-0.4, -0.2) is 39.8 Å². The highest BCUT2D eigenvalue weighted by atomic mass is 16.5. The number of nitrogens with two attached hydrogens (primary N) is 1. The van der Waals surface area contributed by atoms with Crippen LogP contribution in [0.4, 0.5) is 11.9 Å². The van der Waals surface area contributed by atoms with Gasteiger partial charge < -0.3 is 20.5 Å². The lowest BCUT2D eigenvalue weighted by molar-refractivity contribution is -0.0554. The molecule has 0 bridgehead atoms. The minimum absolute atomic E-state index is 0.129. The van der Waals surface area contributed by atoms with E-state index in [-0.39, 0.29) is 23.6 Å². The molecular weight excluding hydrogens is 258 g/mol. The fraction of sp³-hybridized carbons (Fsp3) is 0.769. The minimum atomic E-state index is -0.129. The predicted molar refractivity (Wildman–Crippen MR) is 76.7 cm³/mol. The highest BCUT2D eigenvalue weighted by Gasteiger charge is 2.29. The molecule has 0 radical (unpaired) electrons. The Morgan fingerprint density at radius 2 is 2.20 bits per heavy atom. The maximum atomic E-state index is 5.69. The van der Waals surface area contributed by atoms with Crippen LogP contribution in [-0.2, 0) is 4.74 Å². The summed E-state index contributed by atoms with van der Waals surface area (Å²) < 4.78 is 11.1. The third kappa shape index (κ3) is 4.19. The average molecular weight is 281 g/mol. The lowest BCUT2D eigenvalue weighted by Crippen LogP contribution is -2.40. The number of nitrogens with one attached hydrogen (secondary N) is 1. The number of hydrogen-bond acceptors (Lipinski definition) is 7. The van der Waals surface area contributed by atoms with Crippen molar-refractivity contribution in [2.75, 3.05) is 24.3 Å². The lowest BCUT2D eigenvalue weighted by atomic mass is 9.94. The van der Waals surface area contributed by atoms with E-state index in [0.717, 1.165) is 25.9 Å². The van der Waals surface area contributed by atoms with Gasteiger partial charge in [0.1, 0.15) is 0 Å². The second-order valence-corrected chi connectivity index (χ2v) is 5.59. The van der Waals surface area contributed by atoms with Gasteiger partial charge >= 0.3 is 6.01 Å². The monoisotopic (exact) mass is 281 g/mol. The van der Waals surface area contributed by atoms with Crippen LogP contribution in [0.15, 0.2) is 0 Å². The number of nitrogens with zero attached hydrogens (tertiary/aromatic N) is 3. The second kappa shape index (κ2) is 6.21. The van der Waals surface area contributed by atoms with Crippen molar-refractivity contribution in [2.45, 2.75) is 51.7 Å². The molecule has 7 nitrogen and oxygen atoms in total. The van der Waals surface area contributed by atoms with Crippen LogP contribution in [0.5, 0.6) is 6.01 Å². The fourth-order valence-corrected chi connectivity index (χ4v) is 2.23. The summed E-state index contributed by atoms with van der Waals surface area (Å²) >= 11 is 0. The quantitative estimate of drug-likeness (QED) is 0.846. The van der Waals surface area contributed by atoms with Crippen molar-refractivity contribution in [3.63, 3.8) is 0 Å². The number of nitrogen functional groups attached to an aromatic ring is 1. The van der Waals surface area contributed by atoms with Crippen molar-refractivity contribution in [2.24, 2.45) is 0 Å². The molecule has 1 aliphatic rings. The molecule has 7 heteroatoms. The van der Waals surface area contributed by atoms with E-state index in [4.69, 9.17) is 15.2 Å². The van der Waals surface area contributed by atoms with E-state index < -0.39 is 0 Å². The number of ether oxygens (including phenoxy) is 2. The van der Waals surface area contributed by atoms with Gasteiger partial charge in [-0.3, -0.25) is 0 Å². The minimum Gasteiger partial charge on any atom is -0.463 e. The summed E-state index contributed by atoms with van der Waals surface area (Å²) in [6.07, 6.45) is 2.70. The van der Waals surface area contributed by atoms with Crippen LogP contribution in [0.3, 0.4) is 0 Å². The first kappa shape index (κ1) is 14.8. The van der Waals surface area contributed by atoms with Crippen LogP contribution in [0.2, 0.25) is 0 Å². The van der Waals surface area contributed by atoms with Crippen LogP contribution >= 0.6 is 0 Å². The van der Waals surface area contributed by atoms with Gasteiger partial charge in [0.15, 0.2) is 0 Å². The molecule has 112 valence electrons. The normalized spacial score (nSPS) is 21.4. The summed E-state index contributed by atoms with van der Waals surface area (Å²) in [6, 6.07) is 0.535. The molecular formula is C13H23N5O2. The Morgan fingerprint density at radius 3 is 2.90 bits per heavy atom. The molecule has 1 unspecified atom stereocenters. The molecule has 0 spiro atoms. The van der Waals surface area contributed by atoms with E-state index in [2.05, 4.69) is 34.1 Å². The largest absolute Gasteiger partial charge is 0.463 e. The molecule has 0 aliphatic carbocycles. The SMILES string of the molecule is CCCOc1nc(N)nc(NC2CCOC(C)(C)C2)n1. The zero-order chi connectivity index (χ0) is 14.6. The average Bonchev–Trinajstić information content (AvgIpc) is 2.34. The van der Waals surface area contributed by atoms with Crippen molar-refractivity contribution in [1.82, 2.24) is 15.0 Å². The Balaban J connectivity index is 2.03. The van der Waals surface area contributed by atoms with Crippen molar-refractivity contribution in [1.29, 1.82) is 0 Å². The van der Waals surface area contributed by atoms with Gasteiger partial charge in [-0.05, 0) is 33.1 Å². The zero-order valence-electron chi connectivity index (χ0n) is 12.3. The molecule has 1 aromatic rings. The molecule has 1 atom stereocenters. The highest BCUT2D eigenvalue weighted by molar-refractivity contribution is 5.33. The summed E-state index contributed by atoms with van der Waals surface area (Å²) in [4.78, 5) is 12.3. The van der Waals surface area contributed by atoms with E-state index in [9.17, 15) is 0 Å². The Labute approximate surface area is 119 Å². The summed E-state index contributed by atoms with van der Waals surface area (Å²) in [6.45, 7) is 7.47. The van der Waals surface area contributed by atoms with E-state index in [1.807, 2.05) is 6.92 Å². The van der Waals surface area contributed by atoms with Crippen LogP contribution in [0, 0.1) is 0 Å². The summed E-state index contributed by atoms with van der Waals surface area (Å²) in [7, 11) is 0. The maximum absolute atomic E-state index is 5.69. The molecule has 20 heavy (non-hydrogen) atoms. The Kier molecular flexibility index (Phi) is 4.59. The van der Waals surface area contributed by atoms with E-state index >= 15 is 0 Å². The smallest absolute Gasteiger partial charge is 0.323 e. The molecule has 2 rings (SSSR count). The van der Waals surface area contributed by atoms with Crippen molar-refractivity contribution >= 4 is 11.9 Å². The van der Waals surface area contributed by atoms with Gasteiger partial charge in [0.05, 0.1) is 12.2 Å². The van der Waals surface area contributed by atoms with Crippen LogP contribution in [0.1, 0.15) is 40.0 Å².